The molecule has 1 aromatic heterocycles. The van der Waals surface area contributed by atoms with E-state index in [4.69, 9.17) is 4.42 Å². The Kier molecular flexibility index (Phi) is 6.62. The zero-order valence-corrected chi connectivity index (χ0v) is 28.9. The molecule has 0 radical (unpaired) electrons. The third-order valence-corrected chi connectivity index (χ3v) is 11.1. The predicted octanol–water partition coefficient (Wildman–Crippen LogP) is 14.9. The molecule has 1 heterocycles. The Labute approximate surface area is 307 Å². The van der Waals surface area contributed by atoms with Crippen LogP contribution in [0, 0.1) is 0 Å². The van der Waals surface area contributed by atoms with Gasteiger partial charge in [-0.3, -0.25) is 0 Å². The molecule has 246 valence electrons. The lowest BCUT2D eigenvalue weighted by atomic mass is 9.83. The van der Waals surface area contributed by atoms with Gasteiger partial charge in [0.15, 0.2) is 0 Å². The van der Waals surface area contributed by atoms with Gasteiger partial charge in [-0.2, -0.15) is 0 Å². The maximum atomic E-state index is 6.30. The van der Waals surface area contributed by atoms with Crippen LogP contribution in [0.4, 0.5) is 0 Å². The van der Waals surface area contributed by atoms with Gasteiger partial charge in [0.25, 0.3) is 0 Å². The normalized spacial score (nSPS) is 11.8. The first kappa shape index (κ1) is 29.7. The van der Waals surface area contributed by atoms with Crippen molar-refractivity contribution in [3.05, 3.63) is 194 Å². The van der Waals surface area contributed by atoms with E-state index >= 15 is 0 Å². The largest absolute Gasteiger partial charge is 0.456 e. The van der Waals surface area contributed by atoms with Crippen molar-refractivity contribution in [1.82, 2.24) is 0 Å². The lowest BCUT2D eigenvalue weighted by molar-refractivity contribution is 0.669. The monoisotopic (exact) mass is 672 g/mol. The summed E-state index contributed by atoms with van der Waals surface area (Å²) in [5.41, 5.74) is 11.6. The van der Waals surface area contributed by atoms with Crippen LogP contribution in [0.1, 0.15) is 0 Å². The molecule has 0 aliphatic heterocycles. The summed E-state index contributed by atoms with van der Waals surface area (Å²) in [5, 5.41) is 12.3. The van der Waals surface area contributed by atoms with Crippen LogP contribution >= 0.6 is 0 Å². The van der Waals surface area contributed by atoms with Crippen LogP contribution in [0.3, 0.4) is 0 Å². The molecule has 10 aromatic carbocycles. The van der Waals surface area contributed by atoms with Crippen LogP contribution in [-0.4, -0.2) is 0 Å². The second-order valence-corrected chi connectivity index (χ2v) is 14.0. The molecule has 0 bridgehead atoms. The molecule has 11 aromatic rings. The molecule has 0 fully saturated rings. The van der Waals surface area contributed by atoms with E-state index in [0.29, 0.717) is 0 Å². The number of furan rings is 1. The van der Waals surface area contributed by atoms with Crippen molar-refractivity contribution in [1.29, 1.82) is 0 Å². The van der Waals surface area contributed by atoms with Crippen molar-refractivity contribution in [2.45, 2.75) is 0 Å². The molecule has 0 unspecified atom stereocenters. The van der Waals surface area contributed by atoms with Crippen molar-refractivity contribution in [2.24, 2.45) is 0 Å². The van der Waals surface area contributed by atoms with Gasteiger partial charge in [-0.15, -0.1) is 0 Å². The summed E-state index contributed by atoms with van der Waals surface area (Å²) in [4.78, 5) is 0. The molecule has 11 rings (SSSR count). The van der Waals surface area contributed by atoms with E-state index in [1.165, 1.54) is 93.0 Å². The molecule has 0 amide bonds. The summed E-state index contributed by atoms with van der Waals surface area (Å²) in [6.45, 7) is 0. The Hall–Kier alpha value is -6.96. The van der Waals surface area contributed by atoms with Gasteiger partial charge >= 0.3 is 0 Å². The fraction of sp³-hybridized carbons (Fsp3) is 0. The lowest BCUT2D eigenvalue weighted by Gasteiger charge is -2.20. The zero-order chi connectivity index (χ0) is 34.9. The number of hydrogen-bond acceptors (Lipinski definition) is 1. The molecule has 1 nitrogen and oxygen atoms in total. The third-order valence-electron chi connectivity index (χ3n) is 11.1. The van der Waals surface area contributed by atoms with Gasteiger partial charge in [0, 0.05) is 10.8 Å². The Morgan fingerprint density at radius 3 is 1.51 bits per heavy atom. The minimum Gasteiger partial charge on any atom is -0.456 e. The molecule has 0 aliphatic carbocycles. The highest BCUT2D eigenvalue weighted by atomic mass is 16.3. The van der Waals surface area contributed by atoms with Crippen molar-refractivity contribution in [2.75, 3.05) is 0 Å². The first-order chi connectivity index (χ1) is 26.3. The molecule has 0 N–H and O–H groups in total. The first-order valence-corrected chi connectivity index (χ1v) is 18.3. The van der Waals surface area contributed by atoms with E-state index in [2.05, 4.69) is 194 Å². The molecule has 53 heavy (non-hydrogen) atoms. The summed E-state index contributed by atoms with van der Waals surface area (Å²) in [5.74, 6) is 0. The van der Waals surface area contributed by atoms with E-state index in [1.54, 1.807) is 0 Å². The highest BCUT2D eigenvalue weighted by molar-refractivity contribution is 6.23. The van der Waals surface area contributed by atoms with E-state index in [0.717, 1.165) is 16.6 Å². The fourth-order valence-corrected chi connectivity index (χ4v) is 8.60. The van der Waals surface area contributed by atoms with Crippen LogP contribution in [0.15, 0.2) is 199 Å². The predicted molar refractivity (Wildman–Crippen MR) is 225 cm³/mol. The number of fused-ring (bicyclic) bond motifs is 8. The fourth-order valence-electron chi connectivity index (χ4n) is 8.60. The van der Waals surface area contributed by atoms with Gasteiger partial charge in [-0.25, -0.2) is 0 Å². The minimum atomic E-state index is 0.914. The van der Waals surface area contributed by atoms with E-state index in [1.807, 2.05) is 0 Å². The maximum Gasteiger partial charge on any atom is 0.136 e. The quantitative estimate of drug-likeness (QED) is 0.170. The summed E-state index contributed by atoms with van der Waals surface area (Å²) in [6.07, 6.45) is 0. The Morgan fingerprint density at radius 2 is 0.774 bits per heavy atom. The highest BCUT2D eigenvalue weighted by Gasteiger charge is 2.19. The molecule has 0 saturated heterocycles. The molecular weight excluding hydrogens is 641 g/mol. The second-order valence-electron chi connectivity index (χ2n) is 14.0. The number of hydrogen-bond donors (Lipinski definition) is 0. The van der Waals surface area contributed by atoms with E-state index in [9.17, 15) is 0 Å². The molecule has 0 atom stereocenters. The van der Waals surface area contributed by atoms with Gasteiger partial charge in [0.05, 0.1) is 0 Å². The van der Waals surface area contributed by atoms with E-state index in [-0.39, 0.29) is 0 Å². The van der Waals surface area contributed by atoms with Crippen molar-refractivity contribution in [3.8, 4) is 44.5 Å². The van der Waals surface area contributed by atoms with Crippen LogP contribution in [0.5, 0.6) is 0 Å². The average molecular weight is 673 g/mol. The summed E-state index contributed by atoms with van der Waals surface area (Å²) < 4.78 is 6.30. The summed E-state index contributed by atoms with van der Waals surface area (Å²) in [6, 6.07) is 70.6. The highest BCUT2D eigenvalue weighted by Crippen LogP contribution is 2.46. The smallest absolute Gasteiger partial charge is 0.136 e. The summed E-state index contributed by atoms with van der Waals surface area (Å²) in [7, 11) is 0. The van der Waals surface area contributed by atoms with Crippen molar-refractivity contribution in [3.63, 3.8) is 0 Å². The lowest BCUT2D eigenvalue weighted by Crippen LogP contribution is -1.92. The Balaban J connectivity index is 1.07. The minimum absolute atomic E-state index is 0.914. The Morgan fingerprint density at radius 1 is 0.264 bits per heavy atom. The van der Waals surface area contributed by atoms with Gasteiger partial charge in [-0.1, -0.05) is 170 Å². The van der Waals surface area contributed by atoms with Crippen molar-refractivity contribution < 1.29 is 4.42 Å². The van der Waals surface area contributed by atoms with Crippen LogP contribution in [0.25, 0.3) is 110 Å². The second kappa shape index (κ2) is 11.8. The third kappa shape index (κ3) is 4.71. The van der Waals surface area contributed by atoms with Gasteiger partial charge in [0.2, 0.25) is 0 Å². The molecule has 1 heteroatoms. The SMILES string of the molecule is c1ccc(-c2c3ccccc3c(-c3ccc(-c4ccc5oc6ccc7ccccc7c6c5c4)cc3)c3ccccc23)c(-c2ccc3ccccc3c2)c1. The van der Waals surface area contributed by atoms with E-state index < -0.39 is 0 Å². The first-order valence-electron chi connectivity index (χ1n) is 18.3. The molecule has 0 spiro atoms. The zero-order valence-electron chi connectivity index (χ0n) is 28.9. The molecule has 0 saturated carbocycles. The topological polar surface area (TPSA) is 13.1 Å². The van der Waals surface area contributed by atoms with Crippen molar-refractivity contribution >= 4 is 65.0 Å². The summed E-state index contributed by atoms with van der Waals surface area (Å²) >= 11 is 0. The van der Waals surface area contributed by atoms with Gasteiger partial charge < -0.3 is 4.42 Å². The number of benzene rings is 10. The molecule has 0 aliphatic rings. The van der Waals surface area contributed by atoms with Crippen LogP contribution < -0.4 is 0 Å². The molecular formula is C52H32O. The van der Waals surface area contributed by atoms with Crippen LogP contribution in [-0.2, 0) is 0 Å². The average Bonchev–Trinajstić information content (AvgIpc) is 3.61. The van der Waals surface area contributed by atoms with Crippen LogP contribution in [0.2, 0.25) is 0 Å². The number of rotatable bonds is 4. The van der Waals surface area contributed by atoms with Gasteiger partial charge in [0.1, 0.15) is 11.2 Å². The standard InChI is InChI=1S/C52H32O/c1-2-13-37-31-39(26-23-33(37)11-1)40-14-5-6-16-42(40)51-45-19-9-7-17-43(45)50(44-18-8-10-20-46(44)51)36-24-21-34(22-25-36)38-28-29-48-47(32-38)52-41-15-4-3-12-35(41)27-30-49(52)53-48/h1-32H. The van der Waals surface area contributed by atoms with Gasteiger partial charge in [-0.05, 0) is 112 Å². The maximum absolute atomic E-state index is 6.30. The Bertz CT molecular complexity index is 3160.